The molecule has 1 atom stereocenters. The van der Waals surface area contributed by atoms with Crippen LogP contribution in [0.2, 0.25) is 0 Å². The van der Waals surface area contributed by atoms with E-state index in [0.717, 1.165) is 5.56 Å². The summed E-state index contributed by atoms with van der Waals surface area (Å²) >= 11 is 0. The summed E-state index contributed by atoms with van der Waals surface area (Å²) in [6.45, 7) is 9.41. The van der Waals surface area contributed by atoms with Crippen molar-refractivity contribution < 1.29 is 4.79 Å². The molecule has 0 bridgehead atoms. The van der Waals surface area contributed by atoms with Gasteiger partial charge in [0.05, 0.1) is 6.42 Å². The zero-order valence-corrected chi connectivity index (χ0v) is 11.8. The molecule has 0 heterocycles. The minimum Gasteiger partial charge on any atom is -0.399 e. The van der Waals surface area contributed by atoms with Gasteiger partial charge in [-0.1, -0.05) is 39.8 Å². The molecule has 1 aromatic rings. The minimum atomic E-state index is 0.0525. The van der Waals surface area contributed by atoms with Crippen LogP contribution in [-0.4, -0.2) is 12.5 Å². The number of nitrogens with two attached hydrogens (primary N) is 1. The van der Waals surface area contributed by atoms with Crippen LogP contribution < -0.4 is 11.1 Å². The lowest BCUT2D eigenvalue weighted by Crippen LogP contribution is -2.34. The van der Waals surface area contributed by atoms with E-state index in [2.05, 4.69) is 33.0 Å². The Bertz CT molecular complexity index is 407. The fraction of sp³-hybridized carbons (Fsp3) is 0.533. The molecular formula is C15H24N2O. The predicted molar refractivity (Wildman–Crippen MR) is 76.2 cm³/mol. The molecule has 100 valence electrons. The van der Waals surface area contributed by atoms with Crippen LogP contribution in [0.15, 0.2) is 24.3 Å². The summed E-state index contributed by atoms with van der Waals surface area (Å²) in [5, 5.41) is 2.98. The second-order valence-corrected chi connectivity index (χ2v) is 5.99. The standard InChI is InChI=1S/C15H24N2O/c1-11(15(2,3)4)10-17-14(18)9-12-6-5-7-13(16)8-12/h5-8,11H,9-10,16H2,1-4H3,(H,17,18). The number of anilines is 1. The number of carbonyl (C=O) groups excluding carboxylic acids is 1. The topological polar surface area (TPSA) is 55.1 Å². The summed E-state index contributed by atoms with van der Waals surface area (Å²) in [6.07, 6.45) is 0.391. The van der Waals surface area contributed by atoms with Gasteiger partial charge in [0.2, 0.25) is 5.91 Å². The van der Waals surface area contributed by atoms with Crippen molar-refractivity contribution >= 4 is 11.6 Å². The lowest BCUT2D eigenvalue weighted by atomic mass is 9.82. The first-order chi connectivity index (χ1) is 8.29. The number of amides is 1. The number of hydrogen-bond acceptors (Lipinski definition) is 2. The molecule has 0 spiro atoms. The number of rotatable bonds is 4. The Morgan fingerprint density at radius 3 is 2.61 bits per heavy atom. The van der Waals surface area contributed by atoms with E-state index in [4.69, 9.17) is 5.73 Å². The number of hydrogen-bond donors (Lipinski definition) is 2. The van der Waals surface area contributed by atoms with E-state index in [9.17, 15) is 4.79 Å². The van der Waals surface area contributed by atoms with Crippen LogP contribution in [0.5, 0.6) is 0 Å². The molecule has 0 aliphatic carbocycles. The lowest BCUT2D eigenvalue weighted by molar-refractivity contribution is -0.120. The van der Waals surface area contributed by atoms with Crippen LogP contribution in [0.4, 0.5) is 5.69 Å². The monoisotopic (exact) mass is 248 g/mol. The molecule has 0 aliphatic heterocycles. The minimum absolute atomic E-state index is 0.0525. The average molecular weight is 248 g/mol. The Kier molecular flexibility index (Phi) is 4.76. The van der Waals surface area contributed by atoms with Crippen LogP contribution in [-0.2, 0) is 11.2 Å². The fourth-order valence-corrected chi connectivity index (χ4v) is 1.52. The van der Waals surface area contributed by atoms with Gasteiger partial charge >= 0.3 is 0 Å². The van der Waals surface area contributed by atoms with Gasteiger partial charge < -0.3 is 11.1 Å². The summed E-state index contributed by atoms with van der Waals surface area (Å²) in [5.41, 5.74) is 7.55. The molecular weight excluding hydrogens is 224 g/mol. The van der Waals surface area contributed by atoms with Crippen molar-refractivity contribution in [3.8, 4) is 0 Å². The molecule has 3 heteroatoms. The van der Waals surface area contributed by atoms with Crippen molar-refractivity contribution in [1.29, 1.82) is 0 Å². The highest BCUT2D eigenvalue weighted by molar-refractivity contribution is 5.78. The van der Waals surface area contributed by atoms with Crippen molar-refractivity contribution in [2.24, 2.45) is 11.3 Å². The molecule has 0 aliphatic rings. The van der Waals surface area contributed by atoms with Gasteiger partial charge in [-0.05, 0) is 29.0 Å². The molecule has 1 rings (SSSR count). The summed E-state index contributed by atoms with van der Waals surface area (Å²) in [7, 11) is 0. The van der Waals surface area contributed by atoms with Gasteiger partial charge in [-0.25, -0.2) is 0 Å². The molecule has 0 aromatic heterocycles. The Hall–Kier alpha value is -1.51. The summed E-state index contributed by atoms with van der Waals surface area (Å²) in [5.74, 6) is 0.499. The third-order valence-corrected chi connectivity index (χ3v) is 3.40. The van der Waals surface area contributed by atoms with Gasteiger partial charge in [0, 0.05) is 12.2 Å². The Morgan fingerprint density at radius 1 is 1.39 bits per heavy atom. The smallest absolute Gasteiger partial charge is 0.224 e. The first kappa shape index (κ1) is 14.6. The number of nitrogen functional groups attached to an aromatic ring is 1. The van der Waals surface area contributed by atoms with Crippen molar-refractivity contribution in [2.75, 3.05) is 12.3 Å². The normalized spacial score (nSPS) is 13.1. The van der Waals surface area contributed by atoms with E-state index in [0.29, 0.717) is 24.6 Å². The second-order valence-electron chi connectivity index (χ2n) is 5.99. The van der Waals surface area contributed by atoms with E-state index in [1.807, 2.05) is 24.3 Å². The quantitative estimate of drug-likeness (QED) is 0.805. The van der Waals surface area contributed by atoms with Gasteiger partial charge in [-0.15, -0.1) is 0 Å². The molecule has 0 fully saturated rings. The maximum atomic E-state index is 11.8. The Morgan fingerprint density at radius 2 is 2.06 bits per heavy atom. The van der Waals surface area contributed by atoms with E-state index < -0.39 is 0 Å². The van der Waals surface area contributed by atoms with Gasteiger partial charge in [-0.3, -0.25) is 4.79 Å². The summed E-state index contributed by atoms with van der Waals surface area (Å²) in [4.78, 5) is 11.8. The van der Waals surface area contributed by atoms with Gasteiger partial charge in [-0.2, -0.15) is 0 Å². The molecule has 0 saturated carbocycles. The number of benzene rings is 1. The van der Waals surface area contributed by atoms with Crippen molar-refractivity contribution in [2.45, 2.75) is 34.1 Å². The van der Waals surface area contributed by atoms with E-state index in [1.165, 1.54) is 0 Å². The van der Waals surface area contributed by atoms with Crippen LogP contribution in [0.25, 0.3) is 0 Å². The lowest BCUT2D eigenvalue weighted by Gasteiger charge is -2.27. The SMILES string of the molecule is CC(CNC(=O)Cc1cccc(N)c1)C(C)(C)C. The van der Waals surface area contributed by atoms with Gasteiger partial charge in [0.25, 0.3) is 0 Å². The van der Waals surface area contributed by atoms with Crippen molar-refractivity contribution in [3.63, 3.8) is 0 Å². The maximum Gasteiger partial charge on any atom is 0.224 e. The van der Waals surface area contributed by atoms with E-state index >= 15 is 0 Å². The molecule has 3 nitrogen and oxygen atoms in total. The molecule has 18 heavy (non-hydrogen) atoms. The zero-order valence-electron chi connectivity index (χ0n) is 11.8. The zero-order chi connectivity index (χ0) is 13.8. The third-order valence-electron chi connectivity index (χ3n) is 3.40. The number of nitrogens with one attached hydrogen (secondary N) is 1. The molecule has 0 radical (unpaired) electrons. The van der Waals surface area contributed by atoms with E-state index in [1.54, 1.807) is 0 Å². The van der Waals surface area contributed by atoms with Crippen LogP contribution in [0, 0.1) is 11.3 Å². The van der Waals surface area contributed by atoms with E-state index in [-0.39, 0.29) is 11.3 Å². The molecule has 3 N–H and O–H groups in total. The van der Waals surface area contributed by atoms with Crippen molar-refractivity contribution in [3.05, 3.63) is 29.8 Å². The molecule has 1 unspecified atom stereocenters. The Balaban J connectivity index is 2.43. The molecule has 1 amide bonds. The first-order valence-corrected chi connectivity index (χ1v) is 6.40. The second kappa shape index (κ2) is 5.89. The van der Waals surface area contributed by atoms with Crippen LogP contribution in [0.3, 0.4) is 0 Å². The third kappa shape index (κ3) is 4.78. The molecule has 1 aromatic carbocycles. The largest absolute Gasteiger partial charge is 0.399 e. The highest BCUT2D eigenvalue weighted by Crippen LogP contribution is 2.24. The fourth-order valence-electron chi connectivity index (χ4n) is 1.52. The highest BCUT2D eigenvalue weighted by Gasteiger charge is 2.20. The predicted octanol–water partition coefficient (Wildman–Crippen LogP) is 2.61. The number of carbonyl (C=O) groups is 1. The highest BCUT2D eigenvalue weighted by atomic mass is 16.1. The van der Waals surface area contributed by atoms with Crippen LogP contribution in [0.1, 0.15) is 33.3 Å². The average Bonchev–Trinajstić information content (AvgIpc) is 2.24. The van der Waals surface area contributed by atoms with Crippen molar-refractivity contribution in [1.82, 2.24) is 5.32 Å². The summed E-state index contributed by atoms with van der Waals surface area (Å²) < 4.78 is 0. The van der Waals surface area contributed by atoms with Gasteiger partial charge in [0.15, 0.2) is 0 Å². The maximum absolute atomic E-state index is 11.8. The first-order valence-electron chi connectivity index (χ1n) is 6.40. The molecule has 0 saturated heterocycles. The van der Waals surface area contributed by atoms with Crippen LogP contribution >= 0.6 is 0 Å². The van der Waals surface area contributed by atoms with Gasteiger partial charge in [0.1, 0.15) is 0 Å². The Labute approximate surface area is 110 Å². The summed E-state index contributed by atoms with van der Waals surface area (Å²) in [6, 6.07) is 7.45.